The molecule has 124 valence electrons. The van der Waals surface area contributed by atoms with Crippen molar-refractivity contribution in [3.8, 4) is 0 Å². The minimum absolute atomic E-state index is 0.0625. The second-order valence-electron chi connectivity index (χ2n) is 6.84. The molecule has 22 heavy (non-hydrogen) atoms. The number of methoxy groups -OCH3 is 1. The second-order valence-corrected chi connectivity index (χ2v) is 6.84. The third kappa shape index (κ3) is 3.11. The van der Waals surface area contributed by atoms with Crippen LogP contribution in [0.5, 0.6) is 0 Å². The fourth-order valence-electron chi connectivity index (χ4n) is 3.02. The van der Waals surface area contributed by atoms with Crippen LogP contribution in [0.2, 0.25) is 0 Å². The summed E-state index contributed by atoms with van der Waals surface area (Å²) in [6, 6.07) is 0.0481. The molecule has 0 aliphatic heterocycles. The van der Waals surface area contributed by atoms with Crippen LogP contribution in [0.4, 0.5) is 4.79 Å². The van der Waals surface area contributed by atoms with Gasteiger partial charge in [0, 0.05) is 44.0 Å². The zero-order valence-electron chi connectivity index (χ0n) is 14.3. The third-order valence-corrected chi connectivity index (χ3v) is 5.37. The summed E-state index contributed by atoms with van der Waals surface area (Å²) in [6.07, 6.45) is 5.48. The highest BCUT2D eigenvalue weighted by molar-refractivity contribution is 5.74. The summed E-state index contributed by atoms with van der Waals surface area (Å²) >= 11 is 0. The number of imidazole rings is 1. The lowest BCUT2D eigenvalue weighted by Crippen LogP contribution is -2.69. The van der Waals surface area contributed by atoms with E-state index < -0.39 is 0 Å². The Balaban J connectivity index is 1.68. The summed E-state index contributed by atoms with van der Waals surface area (Å²) in [6.45, 7) is 9.85. The van der Waals surface area contributed by atoms with Gasteiger partial charge in [0.15, 0.2) is 0 Å². The molecule has 0 spiro atoms. The summed E-state index contributed by atoms with van der Waals surface area (Å²) < 4.78 is 7.65. The maximum absolute atomic E-state index is 12.0. The van der Waals surface area contributed by atoms with Gasteiger partial charge in [0.05, 0.1) is 5.60 Å². The molecule has 1 saturated carbocycles. The van der Waals surface area contributed by atoms with Crippen molar-refractivity contribution in [3.63, 3.8) is 0 Å². The van der Waals surface area contributed by atoms with Crippen LogP contribution in [0.3, 0.4) is 0 Å². The van der Waals surface area contributed by atoms with Gasteiger partial charge < -0.3 is 19.9 Å². The van der Waals surface area contributed by atoms with Crippen LogP contribution in [0.25, 0.3) is 0 Å². The van der Waals surface area contributed by atoms with E-state index in [1.54, 1.807) is 13.3 Å². The molecule has 2 atom stereocenters. The second kappa shape index (κ2) is 6.28. The molecule has 6 heteroatoms. The van der Waals surface area contributed by atoms with E-state index >= 15 is 0 Å². The molecule has 1 aliphatic rings. The molecule has 6 nitrogen and oxygen atoms in total. The number of rotatable bonds is 6. The van der Waals surface area contributed by atoms with E-state index in [0.29, 0.717) is 6.54 Å². The average Bonchev–Trinajstić information content (AvgIpc) is 2.88. The fraction of sp³-hybridized carbons (Fsp3) is 0.750. The van der Waals surface area contributed by atoms with Crippen LogP contribution in [0.1, 0.15) is 39.4 Å². The zero-order chi connectivity index (χ0) is 16.4. The van der Waals surface area contributed by atoms with Crippen LogP contribution in [-0.2, 0) is 11.3 Å². The molecule has 1 aromatic rings. The molecule has 0 radical (unpaired) electrons. The summed E-state index contributed by atoms with van der Waals surface area (Å²) in [5, 5.41) is 5.97. The van der Waals surface area contributed by atoms with Crippen molar-refractivity contribution in [1.82, 2.24) is 20.2 Å². The van der Waals surface area contributed by atoms with Gasteiger partial charge in [-0.25, -0.2) is 9.78 Å². The quantitative estimate of drug-likeness (QED) is 0.791. The number of amides is 2. The summed E-state index contributed by atoms with van der Waals surface area (Å²) in [5.41, 5.74) is -0.225. The highest BCUT2D eigenvalue weighted by Crippen LogP contribution is 2.51. The predicted octanol–water partition coefficient (Wildman–Crippen LogP) is 2.08. The lowest BCUT2D eigenvalue weighted by atomic mass is 9.56. The number of carbonyl (C=O) groups excluding carboxylic acids is 1. The van der Waals surface area contributed by atoms with E-state index in [1.807, 2.05) is 13.1 Å². The number of nitrogens with one attached hydrogen (secondary N) is 2. The normalized spacial score (nSPS) is 26.3. The van der Waals surface area contributed by atoms with Gasteiger partial charge in [-0.3, -0.25) is 0 Å². The number of carbonyl (C=O) groups is 1. The molecule has 2 N–H and O–H groups in total. The first-order chi connectivity index (χ1) is 10.3. The van der Waals surface area contributed by atoms with Gasteiger partial charge in [0.1, 0.15) is 5.82 Å². The van der Waals surface area contributed by atoms with Crippen molar-refractivity contribution in [2.75, 3.05) is 13.7 Å². The molecule has 2 amide bonds. The van der Waals surface area contributed by atoms with Crippen molar-refractivity contribution in [2.24, 2.45) is 5.41 Å². The topological polar surface area (TPSA) is 68.2 Å². The molecule has 0 unspecified atom stereocenters. The first-order valence-electron chi connectivity index (χ1n) is 7.87. The van der Waals surface area contributed by atoms with Gasteiger partial charge >= 0.3 is 6.03 Å². The van der Waals surface area contributed by atoms with E-state index in [1.165, 1.54) is 0 Å². The first kappa shape index (κ1) is 16.8. The maximum atomic E-state index is 12.0. The van der Waals surface area contributed by atoms with Crippen molar-refractivity contribution in [3.05, 3.63) is 18.2 Å². The number of aromatic nitrogens is 2. The van der Waals surface area contributed by atoms with Crippen molar-refractivity contribution >= 4 is 6.03 Å². The molecule has 0 bridgehead atoms. The number of nitrogens with zero attached hydrogens (tertiary/aromatic N) is 2. The van der Waals surface area contributed by atoms with Crippen LogP contribution in [-0.4, -0.2) is 40.9 Å². The van der Waals surface area contributed by atoms with E-state index in [2.05, 4.69) is 41.0 Å². The molecular formula is C16H28N4O2. The first-order valence-corrected chi connectivity index (χ1v) is 7.87. The molecule has 2 rings (SSSR count). The van der Waals surface area contributed by atoms with Gasteiger partial charge in [0.25, 0.3) is 0 Å². The van der Waals surface area contributed by atoms with Crippen molar-refractivity contribution in [1.29, 1.82) is 0 Å². The number of ether oxygens (including phenoxy) is 1. The van der Waals surface area contributed by atoms with E-state index in [0.717, 1.165) is 25.2 Å². The molecular weight excluding hydrogens is 280 g/mol. The lowest BCUT2D eigenvalue weighted by molar-refractivity contribution is -0.177. The maximum Gasteiger partial charge on any atom is 0.315 e. The van der Waals surface area contributed by atoms with Gasteiger partial charge in [-0.2, -0.15) is 0 Å². The highest BCUT2D eigenvalue weighted by atomic mass is 16.5. The van der Waals surface area contributed by atoms with Crippen LogP contribution in [0, 0.1) is 12.3 Å². The Hall–Kier alpha value is -1.56. The molecule has 0 aromatic carbocycles. The Morgan fingerprint density at radius 1 is 1.50 bits per heavy atom. The highest BCUT2D eigenvalue weighted by Gasteiger charge is 2.58. The van der Waals surface area contributed by atoms with Crippen LogP contribution >= 0.6 is 0 Å². The van der Waals surface area contributed by atoms with E-state index in [4.69, 9.17) is 4.74 Å². The summed E-state index contributed by atoms with van der Waals surface area (Å²) in [5.74, 6) is 1.000. The summed E-state index contributed by atoms with van der Waals surface area (Å²) in [4.78, 5) is 16.2. The van der Waals surface area contributed by atoms with Crippen LogP contribution < -0.4 is 10.6 Å². The Morgan fingerprint density at radius 3 is 2.77 bits per heavy atom. The van der Waals surface area contributed by atoms with Gasteiger partial charge in [-0.05, 0) is 26.7 Å². The number of aryl methyl sites for hydroxylation is 2. The lowest BCUT2D eigenvalue weighted by Gasteiger charge is -2.59. The van der Waals surface area contributed by atoms with Gasteiger partial charge in [-0.15, -0.1) is 0 Å². The Labute approximate surface area is 132 Å². The van der Waals surface area contributed by atoms with E-state index in [-0.39, 0.29) is 23.1 Å². The zero-order valence-corrected chi connectivity index (χ0v) is 14.3. The Bertz CT molecular complexity index is 526. The molecule has 1 heterocycles. The van der Waals surface area contributed by atoms with Crippen molar-refractivity contribution < 1.29 is 9.53 Å². The Kier molecular flexibility index (Phi) is 4.80. The van der Waals surface area contributed by atoms with Gasteiger partial charge in [0.2, 0.25) is 0 Å². The minimum atomic E-state index is -0.163. The van der Waals surface area contributed by atoms with Crippen molar-refractivity contribution in [2.45, 2.75) is 58.7 Å². The van der Waals surface area contributed by atoms with E-state index in [9.17, 15) is 4.79 Å². The summed E-state index contributed by atoms with van der Waals surface area (Å²) in [7, 11) is 1.73. The minimum Gasteiger partial charge on any atom is -0.378 e. The standard InChI is InChI=1S/C16H28N4O2/c1-12-17-8-10-20(12)9-6-7-18-14(21)19-13-11-16(4,22-5)15(13,2)3/h8,10,13H,6-7,9,11H2,1-5H3,(H2,18,19,21)/t13-,16+/m0/s1. The number of hydrogen-bond donors (Lipinski definition) is 2. The molecule has 0 saturated heterocycles. The monoisotopic (exact) mass is 308 g/mol. The largest absolute Gasteiger partial charge is 0.378 e. The number of hydrogen-bond acceptors (Lipinski definition) is 3. The number of urea groups is 1. The molecule has 1 aromatic heterocycles. The predicted molar refractivity (Wildman–Crippen MR) is 85.7 cm³/mol. The third-order valence-electron chi connectivity index (χ3n) is 5.37. The molecule has 1 aliphatic carbocycles. The van der Waals surface area contributed by atoms with Crippen LogP contribution in [0.15, 0.2) is 12.4 Å². The smallest absolute Gasteiger partial charge is 0.315 e. The molecule has 1 fully saturated rings. The Morgan fingerprint density at radius 2 is 2.23 bits per heavy atom. The average molecular weight is 308 g/mol. The SMILES string of the molecule is CO[C@]1(C)C[C@H](NC(=O)NCCCn2ccnc2C)C1(C)C. The van der Waals surface area contributed by atoms with Gasteiger partial charge in [-0.1, -0.05) is 13.8 Å². The fourth-order valence-corrected chi connectivity index (χ4v) is 3.02.